The van der Waals surface area contributed by atoms with E-state index in [1.807, 2.05) is 20.9 Å². The molecule has 1 atom stereocenters. The van der Waals surface area contributed by atoms with Gasteiger partial charge in [-0.1, -0.05) is 12.0 Å². The molecule has 0 bridgehead atoms. The van der Waals surface area contributed by atoms with Crippen LogP contribution in [0.3, 0.4) is 0 Å². The smallest absolute Gasteiger partial charge is 0.318 e. The molecule has 0 fully saturated rings. The summed E-state index contributed by atoms with van der Waals surface area (Å²) in [6, 6.07) is 0.340. The number of carbonyl (C=O) groups is 1. The molecule has 0 radical (unpaired) electrons. The van der Waals surface area contributed by atoms with Gasteiger partial charge in [0.2, 0.25) is 11.8 Å². The van der Waals surface area contributed by atoms with E-state index in [2.05, 4.69) is 20.8 Å². The minimum Gasteiger partial charge on any atom is -0.406 e. The number of anilines is 1. The highest BCUT2D eigenvalue weighted by molar-refractivity contribution is 5.80. The van der Waals surface area contributed by atoms with Gasteiger partial charge in [0.15, 0.2) is 0 Å². The van der Waals surface area contributed by atoms with Gasteiger partial charge in [0.1, 0.15) is 6.54 Å². The summed E-state index contributed by atoms with van der Waals surface area (Å²) in [6.07, 6.45) is 0.917. The van der Waals surface area contributed by atoms with Gasteiger partial charge < -0.3 is 20.0 Å². The van der Waals surface area contributed by atoms with E-state index in [1.165, 1.54) is 0 Å². The summed E-state index contributed by atoms with van der Waals surface area (Å²) in [6.45, 7) is 4.81. The molecule has 0 aliphatic rings. The van der Waals surface area contributed by atoms with Crippen LogP contribution in [0.5, 0.6) is 0 Å². The third-order valence-electron chi connectivity index (χ3n) is 2.51. The van der Waals surface area contributed by atoms with E-state index < -0.39 is 0 Å². The van der Waals surface area contributed by atoms with Crippen LogP contribution in [0.1, 0.15) is 32.2 Å². The van der Waals surface area contributed by atoms with Gasteiger partial charge in [0.25, 0.3) is 0 Å². The Labute approximate surface area is 107 Å². The lowest BCUT2D eigenvalue weighted by Crippen LogP contribution is -2.35. The summed E-state index contributed by atoms with van der Waals surface area (Å²) >= 11 is 0. The van der Waals surface area contributed by atoms with Crippen molar-refractivity contribution in [1.82, 2.24) is 20.8 Å². The molecule has 1 unspecified atom stereocenters. The zero-order valence-corrected chi connectivity index (χ0v) is 11.4. The van der Waals surface area contributed by atoms with Crippen LogP contribution >= 0.6 is 0 Å². The van der Waals surface area contributed by atoms with Crippen LogP contribution in [0.4, 0.5) is 6.01 Å². The van der Waals surface area contributed by atoms with Crippen molar-refractivity contribution in [2.24, 2.45) is 0 Å². The first-order valence-electron chi connectivity index (χ1n) is 6.07. The normalized spacial score (nSPS) is 12.2. The first kappa shape index (κ1) is 14.4. The zero-order valence-electron chi connectivity index (χ0n) is 11.4. The fourth-order valence-electron chi connectivity index (χ4n) is 1.28. The number of hydrogen-bond acceptors (Lipinski definition) is 6. The molecule has 0 aliphatic carbocycles. The number of likely N-dealkylation sites (N-methyl/N-ethyl adjacent to an activating group) is 1. The van der Waals surface area contributed by atoms with E-state index in [9.17, 15) is 4.79 Å². The molecule has 0 aliphatic heterocycles. The average Bonchev–Trinajstić information content (AvgIpc) is 2.85. The molecule has 2 N–H and O–H groups in total. The van der Waals surface area contributed by atoms with Gasteiger partial charge in [-0.2, -0.15) is 0 Å². The van der Waals surface area contributed by atoms with Crippen LogP contribution in [0.15, 0.2) is 4.42 Å². The Balaban J connectivity index is 2.53. The standard InChI is InChI=1S/C11H21N5O2/c1-5-6-13-9(17)7-16(4)11-15-14-10(18-11)8(2)12-3/h8,12H,5-7H2,1-4H3,(H,13,17). The number of rotatable bonds is 7. The Morgan fingerprint density at radius 2 is 2.22 bits per heavy atom. The lowest BCUT2D eigenvalue weighted by atomic mass is 10.3. The Kier molecular flexibility index (Phi) is 5.57. The van der Waals surface area contributed by atoms with Gasteiger partial charge in [-0.05, 0) is 20.4 Å². The third-order valence-corrected chi connectivity index (χ3v) is 2.51. The molecule has 1 rings (SSSR count). The number of amides is 1. The van der Waals surface area contributed by atoms with Crippen LogP contribution in [-0.2, 0) is 4.79 Å². The number of nitrogens with zero attached hydrogens (tertiary/aromatic N) is 3. The molecule has 7 heteroatoms. The molecule has 1 heterocycles. The molecule has 1 amide bonds. The Bertz CT molecular complexity index is 379. The van der Waals surface area contributed by atoms with E-state index in [1.54, 1.807) is 11.9 Å². The van der Waals surface area contributed by atoms with Gasteiger partial charge in [-0.3, -0.25) is 4.79 Å². The molecule has 18 heavy (non-hydrogen) atoms. The summed E-state index contributed by atoms with van der Waals surface area (Å²) in [4.78, 5) is 13.2. The lowest BCUT2D eigenvalue weighted by Gasteiger charge is -2.13. The van der Waals surface area contributed by atoms with Gasteiger partial charge >= 0.3 is 6.01 Å². The van der Waals surface area contributed by atoms with E-state index >= 15 is 0 Å². The number of nitrogens with one attached hydrogen (secondary N) is 2. The Morgan fingerprint density at radius 3 is 2.83 bits per heavy atom. The first-order valence-corrected chi connectivity index (χ1v) is 6.07. The van der Waals surface area contributed by atoms with E-state index in [4.69, 9.17) is 4.42 Å². The highest BCUT2D eigenvalue weighted by Crippen LogP contribution is 2.15. The monoisotopic (exact) mass is 255 g/mol. The van der Waals surface area contributed by atoms with Gasteiger partial charge in [-0.25, -0.2) is 0 Å². The fourth-order valence-corrected chi connectivity index (χ4v) is 1.28. The van der Waals surface area contributed by atoms with Crippen LogP contribution < -0.4 is 15.5 Å². The predicted molar refractivity (Wildman–Crippen MR) is 68.3 cm³/mol. The van der Waals surface area contributed by atoms with Gasteiger partial charge in [0, 0.05) is 13.6 Å². The van der Waals surface area contributed by atoms with Crippen LogP contribution in [0, 0.1) is 0 Å². The fraction of sp³-hybridized carbons (Fsp3) is 0.727. The molecule has 0 saturated heterocycles. The van der Waals surface area contributed by atoms with Crippen molar-refractivity contribution in [2.45, 2.75) is 26.3 Å². The quantitative estimate of drug-likeness (QED) is 0.729. The number of carbonyl (C=O) groups excluding carboxylic acids is 1. The second-order valence-corrected chi connectivity index (χ2v) is 4.14. The topological polar surface area (TPSA) is 83.3 Å². The molecular formula is C11H21N5O2. The summed E-state index contributed by atoms with van der Waals surface area (Å²) < 4.78 is 5.46. The molecule has 7 nitrogen and oxygen atoms in total. The van der Waals surface area contributed by atoms with Crippen LogP contribution in [0.2, 0.25) is 0 Å². The van der Waals surface area contributed by atoms with Crippen LogP contribution in [0.25, 0.3) is 0 Å². The molecule has 1 aromatic rings. The number of hydrogen-bond donors (Lipinski definition) is 2. The SMILES string of the molecule is CCCNC(=O)CN(C)c1nnc(C(C)NC)o1. The molecule has 102 valence electrons. The van der Waals surface area contributed by atoms with Crippen molar-refractivity contribution in [1.29, 1.82) is 0 Å². The van der Waals surface area contributed by atoms with Crippen molar-refractivity contribution in [2.75, 3.05) is 32.1 Å². The molecular weight excluding hydrogens is 234 g/mol. The number of aromatic nitrogens is 2. The molecule has 0 saturated carbocycles. The van der Waals surface area contributed by atoms with Crippen LogP contribution in [-0.4, -0.2) is 43.3 Å². The van der Waals surface area contributed by atoms with E-state index in [-0.39, 0.29) is 18.5 Å². The summed E-state index contributed by atoms with van der Waals surface area (Å²) in [7, 11) is 3.56. The lowest BCUT2D eigenvalue weighted by molar-refractivity contribution is -0.119. The molecule has 1 aromatic heterocycles. The van der Waals surface area contributed by atoms with Crippen molar-refractivity contribution in [3.8, 4) is 0 Å². The third kappa shape index (κ3) is 3.99. The van der Waals surface area contributed by atoms with Crippen molar-refractivity contribution >= 4 is 11.9 Å². The predicted octanol–water partition coefficient (Wildman–Crippen LogP) is 0.312. The average molecular weight is 255 g/mol. The maximum atomic E-state index is 11.5. The Hall–Kier alpha value is -1.63. The highest BCUT2D eigenvalue weighted by Gasteiger charge is 2.16. The minimum absolute atomic E-state index is 0.00596. The highest BCUT2D eigenvalue weighted by atomic mass is 16.4. The van der Waals surface area contributed by atoms with Gasteiger partial charge in [-0.15, -0.1) is 5.10 Å². The zero-order chi connectivity index (χ0) is 13.5. The van der Waals surface area contributed by atoms with Crippen molar-refractivity contribution in [3.63, 3.8) is 0 Å². The summed E-state index contributed by atoms with van der Waals surface area (Å²) in [5.74, 6) is 0.453. The van der Waals surface area contributed by atoms with E-state index in [0.717, 1.165) is 6.42 Å². The maximum absolute atomic E-state index is 11.5. The first-order chi connectivity index (χ1) is 8.58. The van der Waals surface area contributed by atoms with Crippen molar-refractivity contribution in [3.05, 3.63) is 5.89 Å². The second-order valence-electron chi connectivity index (χ2n) is 4.14. The van der Waals surface area contributed by atoms with Gasteiger partial charge in [0.05, 0.1) is 6.04 Å². The molecule has 0 aromatic carbocycles. The second kappa shape index (κ2) is 6.95. The maximum Gasteiger partial charge on any atom is 0.318 e. The van der Waals surface area contributed by atoms with Crippen molar-refractivity contribution < 1.29 is 9.21 Å². The largest absolute Gasteiger partial charge is 0.406 e. The Morgan fingerprint density at radius 1 is 1.50 bits per heavy atom. The van der Waals surface area contributed by atoms with E-state index in [0.29, 0.717) is 18.5 Å². The summed E-state index contributed by atoms with van der Waals surface area (Å²) in [5, 5.41) is 13.6. The summed E-state index contributed by atoms with van der Waals surface area (Å²) in [5.41, 5.74) is 0. The minimum atomic E-state index is -0.0548. The molecule has 0 spiro atoms.